The van der Waals surface area contributed by atoms with Crippen LogP contribution in [0.1, 0.15) is 5.56 Å². The lowest BCUT2D eigenvalue weighted by molar-refractivity contribution is 0.253. The second kappa shape index (κ2) is 3.23. The van der Waals surface area contributed by atoms with Crippen molar-refractivity contribution in [2.45, 2.75) is 6.92 Å². The Labute approximate surface area is 70.7 Å². The van der Waals surface area contributed by atoms with E-state index in [1.165, 1.54) is 0 Å². The summed E-state index contributed by atoms with van der Waals surface area (Å²) in [4.78, 5) is 10.5. The number of amides is 2. The van der Waals surface area contributed by atoms with E-state index in [1.807, 2.05) is 6.92 Å². The average Bonchev–Trinajstić information content (AvgIpc) is 2.04. The number of rotatable bonds is 1. The molecule has 0 unspecified atom stereocenters. The van der Waals surface area contributed by atoms with Crippen molar-refractivity contribution in [2.75, 3.05) is 5.01 Å². The lowest BCUT2D eigenvalue weighted by atomic mass is 10.2. The first-order valence-electron chi connectivity index (χ1n) is 3.46. The molecule has 1 aromatic rings. The van der Waals surface area contributed by atoms with E-state index < -0.39 is 6.03 Å². The summed E-state index contributed by atoms with van der Waals surface area (Å²) in [6.07, 6.45) is 0. The molecule has 0 atom stereocenters. The Balaban J connectivity index is 2.89. The van der Waals surface area contributed by atoms with Crippen molar-refractivity contribution in [1.82, 2.24) is 5.84 Å². The Morgan fingerprint density at radius 1 is 1.42 bits per heavy atom. The van der Waals surface area contributed by atoms with Crippen LogP contribution in [-0.2, 0) is 0 Å². The van der Waals surface area contributed by atoms with Crippen LogP contribution in [0.3, 0.4) is 0 Å². The molecule has 0 spiro atoms. The standard InChI is InChI=1S/C8H9N3O/c1-6-2-4-7(5-3-6)11(10)8(9)12/h2-5H,1H3,(H2,9,12). The largest absolute Gasteiger partial charge is 0.350 e. The van der Waals surface area contributed by atoms with Gasteiger partial charge in [0.15, 0.2) is 0 Å². The fourth-order valence-electron chi connectivity index (χ4n) is 0.813. The van der Waals surface area contributed by atoms with Gasteiger partial charge in [0, 0.05) is 5.84 Å². The number of benzene rings is 1. The molecule has 2 N–H and O–H groups in total. The minimum Gasteiger partial charge on any atom is -0.350 e. The molecule has 1 rings (SSSR count). The van der Waals surface area contributed by atoms with Gasteiger partial charge >= 0.3 is 6.03 Å². The van der Waals surface area contributed by atoms with E-state index in [1.54, 1.807) is 24.3 Å². The molecule has 2 amide bonds. The predicted molar refractivity (Wildman–Crippen MR) is 45.4 cm³/mol. The zero-order chi connectivity index (χ0) is 9.14. The van der Waals surface area contributed by atoms with E-state index in [0.717, 1.165) is 5.56 Å². The van der Waals surface area contributed by atoms with Crippen molar-refractivity contribution in [1.29, 1.82) is 0 Å². The summed E-state index contributed by atoms with van der Waals surface area (Å²) < 4.78 is 0. The lowest BCUT2D eigenvalue weighted by Crippen LogP contribution is -2.34. The number of aryl methyl sites for hydroxylation is 1. The van der Waals surface area contributed by atoms with Crippen molar-refractivity contribution >= 4 is 11.7 Å². The first-order valence-corrected chi connectivity index (χ1v) is 3.46. The first-order chi connectivity index (χ1) is 5.61. The van der Waals surface area contributed by atoms with Crippen LogP contribution >= 0.6 is 0 Å². The number of hydrogen-bond donors (Lipinski definition) is 1. The summed E-state index contributed by atoms with van der Waals surface area (Å²) in [7, 11) is 0. The van der Waals surface area contributed by atoms with Gasteiger partial charge in [-0.3, -0.25) is 0 Å². The highest BCUT2D eigenvalue weighted by atomic mass is 16.2. The van der Waals surface area contributed by atoms with Crippen molar-refractivity contribution in [3.63, 3.8) is 0 Å². The van der Waals surface area contributed by atoms with E-state index >= 15 is 0 Å². The molecule has 4 nitrogen and oxygen atoms in total. The molecule has 0 fully saturated rings. The molecule has 0 aliphatic rings. The Hall–Kier alpha value is -1.55. The third-order valence-corrected chi connectivity index (χ3v) is 1.49. The van der Waals surface area contributed by atoms with Gasteiger partial charge in [0.25, 0.3) is 0 Å². The van der Waals surface area contributed by atoms with Crippen LogP contribution in [-0.4, -0.2) is 6.03 Å². The second-order valence-electron chi connectivity index (χ2n) is 2.49. The molecular weight excluding hydrogens is 154 g/mol. The number of primary amides is 1. The Morgan fingerprint density at radius 3 is 2.33 bits per heavy atom. The van der Waals surface area contributed by atoms with Crippen LogP contribution in [0.5, 0.6) is 0 Å². The second-order valence-corrected chi connectivity index (χ2v) is 2.49. The number of urea groups is 1. The van der Waals surface area contributed by atoms with Crippen LogP contribution < -0.4 is 16.6 Å². The average molecular weight is 163 g/mol. The summed E-state index contributed by atoms with van der Waals surface area (Å²) in [6.45, 7) is 1.91. The van der Waals surface area contributed by atoms with E-state index in [0.29, 0.717) is 10.7 Å². The third-order valence-electron chi connectivity index (χ3n) is 1.49. The van der Waals surface area contributed by atoms with Crippen LogP contribution in [0.4, 0.5) is 10.5 Å². The van der Waals surface area contributed by atoms with E-state index in [9.17, 15) is 4.79 Å². The van der Waals surface area contributed by atoms with Gasteiger partial charge in [0.1, 0.15) is 0 Å². The van der Waals surface area contributed by atoms with E-state index in [4.69, 9.17) is 11.6 Å². The molecule has 0 bridgehead atoms. The van der Waals surface area contributed by atoms with Gasteiger partial charge in [-0.05, 0) is 19.1 Å². The number of anilines is 1. The van der Waals surface area contributed by atoms with E-state index in [2.05, 4.69) is 0 Å². The fourth-order valence-corrected chi connectivity index (χ4v) is 0.813. The minimum atomic E-state index is -0.890. The Bertz CT molecular complexity index is 281. The summed E-state index contributed by atoms with van der Waals surface area (Å²) >= 11 is 0. The summed E-state index contributed by atoms with van der Waals surface area (Å²) in [5.74, 6) is 9.05. The van der Waals surface area contributed by atoms with E-state index in [-0.39, 0.29) is 0 Å². The van der Waals surface area contributed by atoms with Crippen molar-refractivity contribution < 1.29 is 4.79 Å². The molecule has 12 heavy (non-hydrogen) atoms. The third kappa shape index (κ3) is 1.73. The minimum absolute atomic E-state index is 0.369. The van der Waals surface area contributed by atoms with Gasteiger partial charge in [-0.25, -0.2) is 4.79 Å². The number of nitrogens with zero attached hydrogens (tertiary/aromatic N) is 2. The predicted octanol–water partition coefficient (Wildman–Crippen LogP) is 0.864. The smallest absolute Gasteiger partial charge is 0.336 e. The van der Waals surface area contributed by atoms with Crippen LogP contribution in [0.2, 0.25) is 0 Å². The Kier molecular flexibility index (Phi) is 2.30. The zero-order valence-corrected chi connectivity index (χ0v) is 6.69. The molecule has 0 saturated carbocycles. The van der Waals surface area contributed by atoms with Crippen molar-refractivity contribution in [3.8, 4) is 0 Å². The maximum Gasteiger partial charge on any atom is 0.336 e. The maximum atomic E-state index is 10.5. The molecule has 4 heteroatoms. The summed E-state index contributed by atoms with van der Waals surface area (Å²) in [5.41, 5.74) is 6.26. The van der Waals surface area contributed by atoms with Crippen molar-refractivity contribution in [2.24, 2.45) is 5.73 Å². The fraction of sp³-hybridized carbons (Fsp3) is 0.125. The van der Waals surface area contributed by atoms with Gasteiger partial charge in [0.2, 0.25) is 0 Å². The van der Waals surface area contributed by atoms with Crippen LogP contribution in [0, 0.1) is 6.92 Å². The zero-order valence-electron chi connectivity index (χ0n) is 6.69. The lowest BCUT2D eigenvalue weighted by Gasteiger charge is -2.09. The summed E-state index contributed by atoms with van der Waals surface area (Å²) in [5, 5.41) is 0.402. The number of carbonyl (C=O) groups excluding carboxylic acids is 1. The highest BCUT2D eigenvalue weighted by molar-refractivity contribution is 5.89. The quantitative estimate of drug-likeness (QED) is 0.613. The van der Waals surface area contributed by atoms with Gasteiger partial charge in [-0.1, -0.05) is 17.7 Å². The monoisotopic (exact) mass is 163 g/mol. The SMILES string of the molecule is Cc1ccc(N([N])C(N)=O)cc1. The molecule has 0 aliphatic carbocycles. The maximum absolute atomic E-state index is 10.5. The normalized spacial score (nSPS) is 9.50. The molecule has 0 aromatic heterocycles. The molecule has 0 saturated heterocycles. The number of nitrogens with two attached hydrogens (primary N) is 1. The van der Waals surface area contributed by atoms with Gasteiger partial charge < -0.3 is 5.73 Å². The molecule has 0 aliphatic heterocycles. The van der Waals surface area contributed by atoms with Gasteiger partial charge in [-0.2, -0.15) is 5.01 Å². The highest BCUT2D eigenvalue weighted by Crippen LogP contribution is 2.11. The topological polar surface area (TPSA) is 68.6 Å². The number of carbonyl (C=O) groups is 1. The molecule has 0 heterocycles. The van der Waals surface area contributed by atoms with Gasteiger partial charge in [0.05, 0.1) is 5.69 Å². The molecule has 1 aromatic carbocycles. The number of hydrogen-bond acceptors (Lipinski definition) is 1. The molecule has 62 valence electrons. The van der Waals surface area contributed by atoms with Gasteiger partial charge in [-0.15, -0.1) is 0 Å². The van der Waals surface area contributed by atoms with Crippen LogP contribution in [0.15, 0.2) is 24.3 Å². The Morgan fingerprint density at radius 2 is 1.92 bits per heavy atom. The molecular formula is C8H9N3O. The highest BCUT2D eigenvalue weighted by Gasteiger charge is 2.07. The van der Waals surface area contributed by atoms with Crippen LogP contribution in [0.25, 0.3) is 0 Å². The first kappa shape index (κ1) is 8.55. The summed E-state index contributed by atoms with van der Waals surface area (Å²) in [6, 6.07) is 5.89. The molecule has 2 radical (unpaired) electrons. The van der Waals surface area contributed by atoms with Crippen molar-refractivity contribution in [3.05, 3.63) is 29.8 Å².